The number of nitrogens with one attached hydrogen (secondary N) is 1. The number of nitrogens with two attached hydrogens (primary N) is 1. The zero-order valence-electron chi connectivity index (χ0n) is 24.2. The van der Waals surface area contributed by atoms with Crippen molar-refractivity contribution in [3.05, 3.63) is 70.3 Å². The van der Waals surface area contributed by atoms with Crippen LogP contribution in [0.25, 0.3) is 22.2 Å². The molecule has 0 saturated heterocycles. The summed E-state index contributed by atoms with van der Waals surface area (Å²) in [6.07, 6.45) is 5.43. The van der Waals surface area contributed by atoms with Crippen molar-refractivity contribution < 1.29 is 28.6 Å². The van der Waals surface area contributed by atoms with Gasteiger partial charge in [0.05, 0.1) is 25.4 Å². The lowest BCUT2D eigenvalue weighted by atomic mass is 9.81. The highest BCUT2D eigenvalue weighted by Gasteiger charge is 2.50. The Kier molecular flexibility index (Phi) is 6.60. The monoisotopic (exact) mass is 619 g/mol. The maximum absolute atomic E-state index is 15.2. The van der Waals surface area contributed by atoms with E-state index in [9.17, 15) is 14.7 Å². The van der Waals surface area contributed by atoms with Crippen LogP contribution >= 0.6 is 11.6 Å². The third-order valence-electron chi connectivity index (χ3n) is 9.01. The summed E-state index contributed by atoms with van der Waals surface area (Å²) >= 11 is 6.01. The van der Waals surface area contributed by atoms with Crippen LogP contribution in [-0.2, 0) is 15.8 Å². The number of hydrogen-bond acceptors (Lipinski definition) is 7. The van der Waals surface area contributed by atoms with Gasteiger partial charge in [0.2, 0.25) is 5.91 Å². The van der Waals surface area contributed by atoms with Crippen LogP contribution in [0.15, 0.2) is 42.6 Å². The lowest BCUT2D eigenvalue weighted by molar-refractivity contribution is -0.123. The second-order valence-electron chi connectivity index (χ2n) is 12.2. The zero-order chi connectivity index (χ0) is 31.0. The van der Waals surface area contributed by atoms with Crippen molar-refractivity contribution in [1.82, 2.24) is 20.1 Å². The molecule has 4 N–H and O–H groups in total. The van der Waals surface area contributed by atoms with Gasteiger partial charge in [-0.3, -0.25) is 14.3 Å². The summed E-state index contributed by atoms with van der Waals surface area (Å²) in [6.45, 7) is 1.39. The van der Waals surface area contributed by atoms with E-state index >= 15 is 4.39 Å². The minimum absolute atomic E-state index is 0.0642. The lowest BCUT2D eigenvalue weighted by Crippen LogP contribution is -2.44. The molecule has 2 saturated carbocycles. The Morgan fingerprint density at radius 2 is 2.02 bits per heavy atom. The van der Waals surface area contributed by atoms with Gasteiger partial charge in [0.1, 0.15) is 46.1 Å². The summed E-state index contributed by atoms with van der Waals surface area (Å²) in [5.74, 6) is -1.23. The highest BCUT2D eigenvalue weighted by atomic mass is 35.5. The normalized spacial score (nSPS) is 20.6. The molecule has 0 spiro atoms. The van der Waals surface area contributed by atoms with Gasteiger partial charge in [-0.25, -0.2) is 9.37 Å². The summed E-state index contributed by atoms with van der Waals surface area (Å²) in [5, 5.41) is 20.7. The number of aromatic nitrogens is 3. The second kappa shape index (κ2) is 10.2. The highest BCUT2D eigenvalue weighted by molar-refractivity contribution is 6.30. The van der Waals surface area contributed by atoms with Gasteiger partial charge in [0, 0.05) is 33.3 Å². The van der Waals surface area contributed by atoms with E-state index in [0.29, 0.717) is 41.3 Å². The number of ether oxygens (including phenoxy) is 2. The van der Waals surface area contributed by atoms with E-state index in [4.69, 9.17) is 31.8 Å². The summed E-state index contributed by atoms with van der Waals surface area (Å²) in [4.78, 5) is 30.8. The molecule has 3 heterocycles. The minimum Gasteiger partial charge on any atom is -0.494 e. The van der Waals surface area contributed by atoms with Gasteiger partial charge in [-0.05, 0) is 74.9 Å². The molecule has 2 aliphatic carbocycles. The van der Waals surface area contributed by atoms with Gasteiger partial charge >= 0.3 is 0 Å². The third kappa shape index (κ3) is 4.66. The van der Waals surface area contributed by atoms with Crippen molar-refractivity contribution in [2.75, 3.05) is 20.3 Å². The first-order chi connectivity index (χ1) is 21.0. The predicted octanol–water partition coefficient (Wildman–Crippen LogP) is 4.40. The van der Waals surface area contributed by atoms with E-state index in [1.807, 2.05) is 10.9 Å². The van der Waals surface area contributed by atoms with Gasteiger partial charge in [-0.1, -0.05) is 11.6 Å². The Hall–Kier alpha value is -4.22. The fourth-order valence-electron chi connectivity index (χ4n) is 5.93. The molecule has 12 heteroatoms. The smallest absolute Gasteiger partial charge is 0.251 e. The number of pyridine rings is 1. The molecular weight excluding hydrogens is 589 g/mol. The SMILES string of the molecule is COc1cc(C(=O)NCC(O)(c2cc3c(c(-c4ccc(Cl)cc4F)n2)OC[C@]3(C)C(N)=O)C2CC2)cc2cn(C3CC3)nc12. The molecular formula is C32H31ClFN5O5. The first-order valence-corrected chi connectivity index (χ1v) is 14.9. The molecule has 2 fully saturated rings. The van der Waals surface area contributed by atoms with Crippen LogP contribution in [0.5, 0.6) is 11.5 Å². The molecule has 4 aromatic rings. The number of carbonyl (C=O) groups excluding carboxylic acids is 2. The molecule has 2 aromatic carbocycles. The summed E-state index contributed by atoms with van der Waals surface area (Å²) in [7, 11) is 1.53. The van der Waals surface area contributed by atoms with Crippen LogP contribution in [0, 0.1) is 11.7 Å². The van der Waals surface area contributed by atoms with E-state index in [1.165, 1.54) is 19.2 Å². The molecule has 1 unspecified atom stereocenters. The van der Waals surface area contributed by atoms with Gasteiger partial charge in [-0.2, -0.15) is 5.10 Å². The number of methoxy groups -OCH3 is 1. The Balaban J connectivity index is 1.26. The largest absolute Gasteiger partial charge is 0.494 e. The minimum atomic E-state index is -1.63. The van der Waals surface area contributed by atoms with E-state index in [1.54, 1.807) is 25.1 Å². The summed E-state index contributed by atoms with van der Waals surface area (Å²) in [5.41, 5.74) is 4.74. The Bertz CT molecular complexity index is 1850. The van der Waals surface area contributed by atoms with E-state index in [2.05, 4.69) is 10.4 Å². The Morgan fingerprint density at radius 3 is 2.68 bits per heavy atom. The molecule has 228 valence electrons. The quantitative estimate of drug-likeness (QED) is 0.252. The van der Waals surface area contributed by atoms with E-state index < -0.39 is 28.6 Å². The number of benzene rings is 2. The number of carbonyl (C=O) groups is 2. The van der Waals surface area contributed by atoms with Crippen molar-refractivity contribution in [1.29, 1.82) is 0 Å². The molecule has 10 nitrogen and oxygen atoms in total. The maximum atomic E-state index is 15.2. The van der Waals surface area contributed by atoms with Crippen LogP contribution in [0.1, 0.15) is 60.3 Å². The topological polar surface area (TPSA) is 142 Å². The number of fused-ring (bicyclic) bond motifs is 2. The lowest BCUT2D eigenvalue weighted by Gasteiger charge is -2.30. The average molecular weight is 620 g/mol. The highest BCUT2D eigenvalue weighted by Crippen LogP contribution is 2.50. The number of nitrogens with zero attached hydrogens (tertiary/aromatic N) is 3. The number of aliphatic hydroxyl groups is 1. The van der Waals surface area contributed by atoms with Crippen molar-refractivity contribution in [2.45, 2.75) is 49.7 Å². The van der Waals surface area contributed by atoms with Gasteiger partial charge in [-0.15, -0.1) is 0 Å². The molecule has 44 heavy (non-hydrogen) atoms. The molecule has 2 amide bonds. The first-order valence-electron chi connectivity index (χ1n) is 14.5. The van der Waals surface area contributed by atoms with Crippen LogP contribution in [0.3, 0.4) is 0 Å². The summed E-state index contributed by atoms with van der Waals surface area (Å²) < 4.78 is 28.6. The van der Waals surface area contributed by atoms with Crippen molar-refractivity contribution in [3.8, 4) is 22.8 Å². The summed E-state index contributed by atoms with van der Waals surface area (Å²) in [6, 6.07) is 9.49. The van der Waals surface area contributed by atoms with Crippen molar-refractivity contribution in [2.24, 2.45) is 11.7 Å². The van der Waals surface area contributed by atoms with Crippen LogP contribution in [0.4, 0.5) is 4.39 Å². The average Bonchev–Trinajstić information content (AvgIpc) is 3.94. The van der Waals surface area contributed by atoms with Crippen LogP contribution < -0.4 is 20.5 Å². The number of hydrogen-bond donors (Lipinski definition) is 3. The van der Waals surface area contributed by atoms with Crippen molar-refractivity contribution >= 4 is 34.3 Å². The van der Waals surface area contributed by atoms with E-state index in [-0.39, 0.29) is 46.8 Å². The number of rotatable bonds is 9. The standard InChI is InChI=1S/C32H31ClFN5O5/c1-31(30(35)41)15-44-28-22(31)12-25(37-27(28)21-8-5-19(33)11-23(21)34)32(42,18-3-4-18)14-36-29(40)16-9-17-13-39(20-6-7-20)38-26(17)24(10-16)43-2/h5,8-13,18,20,42H,3-4,6-7,14-15H2,1-2H3,(H2,35,41)(H,36,40)/t31-,32?/m0/s1. The fourth-order valence-corrected chi connectivity index (χ4v) is 6.09. The predicted molar refractivity (Wildman–Crippen MR) is 160 cm³/mol. The van der Waals surface area contributed by atoms with E-state index in [0.717, 1.165) is 24.3 Å². The van der Waals surface area contributed by atoms with Gasteiger partial charge in [0.25, 0.3) is 5.91 Å². The van der Waals surface area contributed by atoms with Gasteiger partial charge < -0.3 is 25.6 Å². The van der Waals surface area contributed by atoms with Crippen LogP contribution in [-0.4, -0.2) is 51.9 Å². The Morgan fingerprint density at radius 1 is 1.25 bits per heavy atom. The molecule has 1 aliphatic heterocycles. The number of amides is 2. The molecule has 7 rings (SSSR count). The molecule has 2 atom stereocenters. The number of primary amides is 1. The molecule has 0 bridgehead atoms. The molecule has 3 aliphatic rings. The second-order valence-corrected chi connectivity index (χ2v) is 12.6. The molecule has 2 aromatic heterocycles. The Labute approximate surface area is 257 Å². The van der Waals surface area contributed by atoms with Crippen molar-refractivity contribution in [3.63, 3.8) is 0 Å². The third-order valence-corrected chi connectivity index (χ3v) is 9.25. The first kappa shape index (κ1) is 28.5. The number of halogens is 2. The molecule has 0 radical (unpaired) electrons. The zero-order valence-corrected chi connectivity index (χ0v) is 24.9. The van der Waals surface area contributed by atoms with Crippen LogP contribution in [0.2, 0.25) is 5.02 Å². The fraction of sp³-hybridized carbons (Fsp3) is 0.375. The van der Waals surface area contributed by atoms with Gasteiger partial charge in [0.15, 0.2) is 0 Å². The maximum Gasteiger partial charge on any atom is 0.251 e.